The van der Waals surface area contributed by atoms with Crippen LogP contribution >= 0.6 is 0 Å². The van der Waals surface area contributed by atoms with Crippen molar-refractivity contribution in [3.63, 3.8) is 0 Å². The third kappa shape index (κ3) is 7.90. The van der Waals surface area contributed by atoms with E-state index in [2.05, 4.69) is 17.8 Å². The third-order valence-corrected chi connectivity index (χ3v) is 1.86. The van der Waals surface area contributed by atoms with Crippen molar-refractivity contribution < 1.29 is 19.8 Å². The van der Waals surface area contributed by atoms with Gasteiger partial charge in [-0.3, -0.25) is 15.0 Å². The van der Waals surface area contributed by atoms with E-state index in [-0.39, 0.29) is 0 Å². The predicted molar refractivity (Wildman–Crippen MR) is 54.3 cm³/mol. The molecule has 4 N–H and O–H groups in total. The van der Waals surface area contributed by atoms with Crippen molar-refractivity contribution in [2.45, 2.75) is 38.6 Å². The van der Waals surface area contributed by atoms with Crippen LogP contribution < -0.4 is 10.9 Å². The number of nitrogens with one attached hydrogen (secondary N) is 2. The molecule has 0 saturated carbocycles. The standard InChI is InChI=1S/C9H18N2O4/c1-2-3-4-5-10-11-7(9(14)15)6-8(12)13/h7,10-11H,2-6H2,1H3,(H,12,13)(H,14,15)/t7-/m0/s1. The molecule has 0 amide bonds. The summed E-state index contributed by atoms with van der Waals surface area (Å²) in [5.74, 6) is -2.30. The average Bonchev–Trinajstić information content (AvgIpc) is 2.15. The van der Waals surface area contributed by atoms with Crippen LogP contribution in [0.15, 0.2) is 0 Å². The maximum atomic E-state index is 10.6. The van der Waals surface area contributed by atoms with E-state index in [1.807, 2.05) is 0 Å². The molecular weight excluding hydrogens is 200 g/mol. The molecule has 6 heteroatoms. The molecule has 88 valence electrons. The molecule has 15 heavy (non-hydrogen) atoms. The fraction of sp³-hybridized carbons (Fsp3) is 0.778. The van der Waals surface area contributed by atoms with Gasteiger partial charge in [0.25, 0.3) is 0 Å². The monoisotopic (exact) mass is 218 g/mol. The van der Waals surface area contributed by atoms with Crippen molar-refractivity contribution in [2.75, 3.05) is 6.54 Å². The zero-order valence-corrected chi connectivity index (χ0v) is 8.82. The van der Waals surface area contributed by atoms with Crippen LogP contribution in [0.4, 0.5) is 0 Å². The first-order valence-electron chi connectivity index (χ1n) is 5.01. The highest BCUT2D eigenvalue weighted by atomic mass is 16.4. The smallest absolute Gasteiger partial charge is 0.322 e. The summed E-state index contributed by atoms with van der Waals surface area (Å²) < 4.78 is 0. The van der Waals surface area contributed by atoms with Crippen LogP contribution in [0.3, 0.4) is 0 Å². The summed E-state index contributed by atoms with van der Waals surface area (Å²) in [5.41, 5.74) is 5.19. The first-order chi connectivity index (χ1) is 7.07. The Morgan fingerprint density at radius 1 is 1.27 bits per heavy atom. The highest BCUT2D eigenvalue weighted by Crippen LogP contribution is 1.93. The molecule has 0 aliphatic carbocycles. The van der Waals surface area contributed by atoms with E-state index < -0.39 is 24.4 Å². The summed E-state index contributed by atoms with van der Waals surface area (Å²) in [4.78, 5) is 20.9. The zero-order chi connectivity index (χ0) is 11.7. The Bertz CT molecular complexity index is 208. The summed E-state index contributed by atoms with van der Waals surface area (Å²) in [6, 6.07) is -1.08. The molecule has 0 saturated heterocycles. The Balaban J connectivity index is 3.67. The second-order valence-corrected chi connectivity index (χ2v) is 3.27. The van der Waals surface area contributed by atoms with Gasteiger partial charge >= 0.3 is 11.9 Å². The molecule has 0 aromatic rings. The van der Waals surface area contributed by atoms with E-state index in [4.69, 9.17) is 10.2 Å². The van der Waals surface area contributed by atoms with Gasteiger partial charge in [0.15, 0.2) is 0 Å². The van der Waals surface area contributed by atoms with E-state index in [1.54, 1.807) is 0 Å². The third-order valence-electron chi connectivity index (χ3n) is 1.86. The number of unbranched alkanes of at least 4 members (excludes halogenated alkanes) is 2. The molecule has 0 spiro atoms. The number of carboxylic acids is 2. The molecule has 0 fully saturated rings. The minimum Gasteiger partial charge on any atom is -0.481 e. The average molecular weight is 218 g/mol. The van der Waals surface area contributed by atoms with Crippen molar-refractivity contribution in [2.24, 2.45) is 0 Å². The van der Waals surface area contributed by atoms with Gasteiger partial charge in [-0.05, 0) is 6.42 Å². The van der Waals surface area contributed by atoms with Crippen molar-refractivity contribution >= 4 is 11.9 Å². The van der Waals surface area contributed by atoms with Crippen molar-refractivity contribution in [3.05, 3.63) is 0 Å². The second kappa shape index (κ2) is 8.19. The number of aliphatic carboxylic acids is 2. The Labute approximate surface area is 88.6 Å². The number of hydrazine groups is 1. The van der Waals surface area contributed by atoms with Crippen LogP contribution in [0.25, 0.3) is 0 Å². The van der Waals surface area contributed by atoms with E-state index in [1.165, 1.54) is 0 Å². The van der Waals surface area contributed by atoms with E-state index in [0.29, 0.717) is 6.54 Å². The Morgan fingerprint density at radius 3 is 2.40 bits per heavy atom. The van der Waals surface area contributed by atoms with Crippen LogP contribution in [0.1, 0.15) is 32.6 Å². The predicted octanol–water partition coefficient (Wildman–Crippen LogP) is 0.199. The molecule has 0 aliphatic rings. The highest BCUT2D eigenvalue weighted by Gasteiger charge is 2.19. The quantitative estimate of drug-likeness (QED) is 0.326. The molecular formula is C9H18N2O4. The highest BCUT2D eigenvalue weighted by molar-refractivity contribution is 5.80. The first-order valence-corrected chi connectivity index (χ1v) is 5.01. The normalized spacial score (nSPS) is 12.3. The zero-order valence-electron chi connectivity index (χ0n) is 8.82. The molecule has 0 radical (unpaired) electrons. The number of hydrogen-bond donors (Lipinski definition) is 4. The molecule has 0 unspecified atom stereocenters. The molecule has 0 rings (SSSR count). The van der Waals surface area contributed by atoms with E-state index in [0.717, 1.165) is 19.3 Å². The minimum atomic E-state index is -1.17. The number of rotatable bonds is 9. The first kappa shape index (κ1) is 13.9. The number of carboxylic acid groups (broad SMARTS) is 2. The fourth-order valence-electron chi connectivity index (χ4n) is 1.03. The van der Waals surface area contributed by atoms with Crippen molar-refractivity contribution in [1.29, 1.82) is 0 Å². The Hall–Kier alpha value is -1.14. The SMILES string of the molecule is CCCCCNN[C@@H](CC(=O)O)C(=O)O. The summed E-state index contributed by atoms with van der Waals surface area (Å²) in [6.45, 7) is 2.70. The van der Waals surface area contributed by atoms with Gasteiger partial charge in [-0.1, -0.05) is 19.8 Å². The lowest BCUT2D eigenvalue weighted by molar-refractivity contribution is -0.146. The van der Waals surface area contributed by atoms with Gasteiger partial charge in [0, 0.05) is 6.54 Å². The van der Waals surface area contributed by atoms with Crippen LogP contribution in [0.2, 0.25) is 0 Å². The number of carbonyl (C=O) groups is 2. The Kier molecular flexibility index (Phi) is 7.57. The number of hydrogen-bond acceptors (Lipinski definition) is 4. The van der Waals surface area contributed by atoms with E-state index >= 15 is 0 Å². The van der Waals surface area contributed by atoms with Gasteiger partial charge in [-0.25, -0.2) is 5.43 Å². The lowest BCUT2D eigenvalue weighted by Gasteiger charge is -2.12. The summed E-state index contributed by atoms with van der Waals surface area (Å²) in [7, 11) is 0. The maximum Gasteiger partial charge on any atom is 0.322 e. The summed E-state index contributed by atoms with van der Waals surface area (Å²) >= 11 is 0. The van der Waals surface area contributed by atoms with Gasteiger partial charge in [0.05, 0.1) is 6.42 Å². The lowest BCUT2D eigenvalue weighted by atomic mass is 10.2. The topological polar surface area (TPSA) is 98.7 Å². The molecule has 0 aromatic carbocycles. The lowest BCUT2D eigenvalue weighted by Crippen LogP contribution is -2.46. The summed E-state index contributed by atoms with van der Waals surface area (Å²) in [6.07, 6.45) is 2.64. The van der Waals surface area contributed by atoms with Crippen LogP contribution in [-0.2, 0) is 9.59 Å². The van der Waals surface area contributed by atoms with Crippen LogP contribution in [0.5, 0.6) is 0 Å². The molecule has 0 heterocycles. The van der Waals surface area contributed by atoms with E-state index in [9.17, 15) is 9.59 Å². The summed E-state index contributed by atoms with van der Waals surface area (Å²) in [5, 5.41) is 17.1. The minimum absolute atomic E-state index is 0.434. The largest absolute Gasteiger partial charge is 0.481 e. The fourth-order valence-corrected chi connectivity index (χ4v) is 1.03. The van der Waals surface area contributed by atoms with Crippen molar-refractivity contribution in [3.8, 4) is 0 Å². The molecule has 0 aliphatic heterocycles. The Morgan fingerprint density at radius 2 is 1.93 bits per heavy atom. The maximum absolute atomic E-state index is 10.6. The van der Waals surface area contributed by atoms with Gasteiger partial charge in [0.1, 0.15) is 6.04 Å². The van der Waals surface area contributed by atoms with Crippen LogP contribution in [0, 0.1) is 0 Å². The van der Waals surface area contributed by atoms with Gasteiger partial charge in [0.2, 0.25) is 0 Å². The molecule has 1 atom stereocenters. The molecule has 0 aromatic heterocycles. The molecule has 6 nitrogen and oxygen atoms in total. The second-order valence-electron chi connectivity index (χ2n) is 3.27. The van der Waals surface area contributed by atoms with Crippen LogP contribution in [-0.4, -0.2) is 34.7 Å². The van der Waals surface area contributed by atoms with Crippen molar-refractivity contribution in [1.82, 2.24) is 10.9 Å². The van der Waals surface area contributed by atoms with Gasteiger partial charge < -0.3 is 10.2 Å². The molecule has 0 bridgehead atoms. The van der Waals surface area contributed by atoms with Gasteiger partial charge in [-0.2, -0.15) is 0 Å². The van der Waals surface area contributed by atoms with Gasteiger partial charge in [-0.15, -0.1) is 0 Å².